The van der Waals surface area contributed by atoms with Crippen LogP contribution in [0.3, 0.4) is 0 Å². The van der Waals surface area contributed by atoms with Crippen LogP contribution in [0.4, 0.5) is 0 Å². The second-order valence-electron chi connectivity index (χ2n) is 7.36. The van der Waals surface area contributed by atoms with Gasteiger partial charge in [-0.2, -0.15) is 0 Å². The van der Waals surface area contributed by atoms with E-state index in [1.807, 2.05) is 0 Å². The number of hydrogen-bond donors (Lipinski definition) is 1. The highest BCUT2D eigenvalue weighted by Crippen LogP contribution is 2.33. The molecule has 0 aromatic heterocycles. The Morgan fingerprint density at radius 2 is 1.03 bits per heavy atom. The Hall–Kier alpha value is -2.77. The van der Waals surface area contributed by atoms with Crippen LogP contribution in [-0.4, -0.2) is 0 Å². The van der Waals surface area contributed by atoms with Crippen molar-refractivity contribution in [3.8, 4) is 33.4 Å². The molecule has 0 amide bonds. The molecular weight excluding hydrogens is 368 g/mol. The Balaban J connectivity index is 1.75. The zero-order valence-electron chi connectivity index (χ0n) is 17.0. The summed E-state index contributed by atoms with van der Waals surface area (Å²) in [6.45, 7) is 4.47. The quantitative estimate of drug-likeness (QED) is 0.325. The fourth-order valence-electron chi connectivity index (χ4n) is 3.95. The molecule has 0 atom stereocenters. The summed E-state index contributed by atoms with van der Waals surface area (Å²) < 4.78 is 0. The lowest BCUT2D eigenvalue weighted by molar-refractivity contribution is 1.13. The van der Waals surface area contributed by atoms with E-state index in [9.17, 15) is 0 Å². The van der Waals surface area contributed by atoms with E-state index in [0.29, 0.717) is 0 Å². The van der Waals surface area contributed by atoms with Crippen LogP contribution < -0.4 is 0 Å². The van der Waals surface area contributed by atoms with Crippen LogP contribution in [0.15, 0.2) is 95.9 Å². The molecule has 144 valence electrons. The number of benzene rings is 4. The molecule has 0 N–H and O–H groups in total. The SMILES string of the molecule is CCc1cc(-c2ccccc2)ccc1-c1ccc(-c2ccc(S)cc2)c(CC)c1. The zero-order valence-corrected chi connectivity index (χ0v) is 17.9. The standard InChI is InChI=1S/C28H26S/c1-3-20-18-24(22-8-6-5-7-9-22)12-16-28(20)25-13-17-27(21(4-2)19-25)23-10-14-26(29)15-11-23/h5-19,29H,3-4H2,1-2H3. The van der Waals surface area contributed by atoms with Crippen molar-refractivity contribution in [2.45, 2.75) is 31.6 Å². The van der Waals surface area contributed by atoms with E-state index in [0.717, 1.165) is 17.7 Å². The molecule has 4 rings (SSSR count). The van der Waals surface area contributed by atoms with Gasteiger partial charge in [0, 0.05) is 4.90 Å². The lowest BCUT2D eigenvalue weighted by atomic mass is 9.90. The van der Waals surface area contributed by atoms with Crippen molar-refractivity contribution in [1.29, 1.82) is 0 Å². The zero-order chi connectivity index (χ0) is 20.2. The summed E-state index contributed by atoms with van der Waals surface area (Å²) in [6, 6.07) is 32.8. The van der Waals surface area contributed by atoms with Gasteiger partial charge in [-0.15, -0.1) is 12.6 Å². The van der Waals surface area contributed by atoms with Crippen molar-refractivity contribution in [2.75, 3.05) is 0 Å². The summed E-state index contributed by atoms with van der Waals surface area (Å²) in [4.78, 5) is 0.995. The molecule has 0 unspecified atom stereocenters. The summed E-state index contributed by atoms with van der Waals surface area (Å²) in [5.41, 5.74) is 10.5. The Labute approximate surface area is 179 Å². The van der Waals surface area contributed by atoms with Crippen molar-refractivity contribution >= 4 is 12.6 Å². The first-order valence-corrected chi connectivity index (χ1v) is 10.8. The first-order valence-electron chi connectivity index (χ1n) is 10.3. The molecular formula is C28H26S. The molecule has 0 radical (unpaired) electrons. The van der Waals surface area contributed by atoms with Crippen LogP contribution in [0.2, 0.25) is 0 Å². The third-order valence-corrected chi connectivity index (χ3v) is 5.87. The van der Waals surface area contributed by atoms with Gasteiger partial charge < -0.3 is 0 Å². The van der Waals surface area contributed by atoms with Crippen LogP contribution in [-0.2, 0) is 12.8 Å². The van der Waals surface area contributed by atoms with Gasteiger partial charge in [0.05, 0.1) is 0 Å². The van der Waals surface area contributed by atoms with E-state index in [1.165, 1.54) is 44.5 Å². The Morgan fingerprint density at radius 3 is 1.66 bits per heavy atom. The van der Waals surface area contributed by atoms with Gasteiger partial charge in [-0.3, -0.25) is 0 Å². The highest BCUT2D eigenvalue weighted by molar-refractivity contribution is 7.80. The van der Waals surface area contributed by atoms with Gasteiger partial charge in [-0.25, -0.2) is 0 Å². The fraction of sp³-hybridized carbons (Fsp3) is 0.143. The van der Waals surface area contributed by atoms with E-state index in [4.69, 9.17) is 0 Å². The van der Waals surface area contributed by atoms with E-state index < -0.39 is 0 Å². The van der Waals surface area contributed by atoms with Crippen molar-refractivity contribution in [3.05, 3.63) is 102 Å². The molecule has 0 fully saturated rings. The topological polar surface area (TPSA) is 0 Å². The van der Waals surface area contributed by atoms with Gasteiger partial charge in [0.25, 0.3) is 0 Å². The first-order chi connectivity index (χ1) is 14.2. The Kier molecular flexibility index (Phi) is 5.87. The minimum atomic E-state index is 0.995. The molecule has 0 spiro atoms. The van der Waals surface area contributed by atoms with Gasteiger partial charge in [0.2, 0.25) is 0 Å². The van der Waals surface area contributed by atoms with Crippen LogP contribution >= 0.6 is 12.6 Å². The first kappa shape index (κ1) is 19.5. The van der Waals surface area contributed by atoms with Crippen LogP contribution in [0.5, 0.6) is 0 Å². The molecule has 1 heteroatoms. The van der Waals surface area contributed by atoms with Crippen LogP contribution in [0.25, 0.3) is 33.4 Å². The lowest BCUT2D eigenvalue weighted by Crippen LogP contribution is -1.93. The van der Waals surface area contributed by atoms with Crippen molar-refractivity contribution < 1.29 is 0 Å². The van der Waals surface area contributed by atoms with Crippen molar-refractivity contribution in [2.24, 2.45) is 0 Å². The van der Waals surface area contributed by atoms with Crippen LogP contribution in [0.1, 0.15) is 25.0 Å². The largest absolute Gasteiger partial charge is 0.143 e. The van der Waals surface area contributed by atoms with Crippen molar-refractivity contribution in [3.63, 3.8) is 0 Å². The molecule has 0 saturated heterocycles. The summed E-state index contributed by atoms with van der Waals surface area (Å²) in [5.74, 6) is 0. The second-order valence-corrected chi connectivity index (χ2v) is 7.88. The smallest absolute Gasteiger partial charge is 0.00404 e. The third-order valence-electron chi connectivity index (χ3n) is 5.57. The number of thiol groups is 1. The maximum Gasteiger partial charge on any atom is 0.00404 e. The highest BCUT2D eigenvalue weighted by Gasteiger charge is 2.10. The average molecular weight is 395 g/mol. The number of hydrogen-bond acceptors (Lipinski definition) is 1. The summed E-state index contributed by atoms with van der Waals surface area (Å²) in [6.07, 6.45) is 2.03. The molecule has 29 heavy (non-hydrogen) atoms. The third kappa shape index (κ3) is 4.16. The minimum Gasteiger partial charge on any atom is -0.143 e. The van der Waals surface area contributed by atoms with E-state index >= 15 is 0 Å². The molecule has 4 aromatic carbocycles. The van der Waals surface area contributed by atoms with Gasteiger partial charge in [0.1, 0.15) is 0 Å². The van der Waals surface area contributed by atoms with Gasteiger partial charge in [-0.1, -0.05) is 92.7 Å². The lowest BCUT2D eigenvalue weighted by Gasteiger charge is -2.15. The van der Waals surface area contributed by atoms with Gasteiger partial charge in [-0.05, 0) is 69.5 Å². The highest BCUT2D eigenvalue weighted by atomic mass is 32.1. The van der Waals surface area contributed by atoms with E-state index in [2.05, 4.69) is 117 Å². The minimum absolute atomic E-state index is 0.995. The maximum absolute atomic E-state index is 4.41. The molecule has 0 aliphatic rings. The predicted molar refractivity (Wildman–Crippen MR) is 129 cm³/mol. The van der Waals surface area contributed by atoms with Gasteiger partial charge >= 0.3 is 0 Å². The monoisotopic (exact) mass is 394 g/mol. The summed E-state index contributed by atoms with van der Waals surface area (Å²) in [7, 11) is 0. The maximum atomic E-state index is 4.41. The normalized spacial score (nSPS) is 10.9. The molecule has 0 heterocycles. The number of rotatable bonds is 5. The van der Waals surface area contributed by atoms with E-state index in [-0.39, 0.29) is 0 Å². The summed E-state index contributed by atoms with van der Waals surface area (Å²) >= 11 is 4.41. The molecule has 0 saturated carbocycles. The van der Waals surface area contributed by atoms with Gasteiger partial charge in [0.15, 0.2) is 0 Å². The fourth-order valence-corrected chi connectivity index (χ4v) is 4.10. The molecule has 4 aromatic rings. The van der Waals surface area contributed by atoms with E-state index in [1.54, 1.807) is 0 Å². The van der Waals surface area contributed by atoms with Crippen molar-refractivity contribution in [1.82, 2.24) is 0 Å². The Bertz CT molecular complexity index is 1110. The number of aryl methyl sites for hydroxylation is 2. The second kappa shape index (κ2) is 8.71. The molecule has 0 aliphatic heterocycles. The van der Waals surface area contributed by atoms with Crippen LogP contribution in [0, 0.1) is 0 Å². The molecule has 0 bridgehead atoms. The predicted octanol–water partition coefficient (Wildman–Crippen LogP) is 8.10. The summed E-state index contributed by atoms with van der Waals surface area (Å²) in [5, 5.41) is 0. The Morgan fingerprint density at radius 1 is 0.517 bits per heavy atom. The molecule has 0 nitrogen and oxygen atoms in total. The molecule has 0 aliphatic carbocycles. The average Bonchev–Trinajstić information content (AvgIpc) is 2.79.